The summed E-state index contributed by atoms with van der Waals surface area (Å²) >= 11 is 0. The molecular weight excluding hydrogens is 283 g/mol. The van der Waals surface area contributed by atoms with Gasteiger partial charge in [-0.3, -0.25) is 9.69 Å². The van der Waals surface area contributed by atoms with Gasteiger partial charge in [-0.05, 0) is 49.0 Å². The molecular formula is C17H19FN2O2. The number of carbonyl (C=O) groups excluding carboxylic acids is 1. The molecule has 116 valence electrons. The van der Waals surface area contributed by atoms with Gasteiger partial charge in [0.1, 0.15) is 11.6 Å². The van der Waals surface area contributed by atoms with Crippen LogP contribution in [0.4, 0.5) is 10.1 Å². The molecule has 0 atom stereocenters. The van der Waals surface area contributed by atoms with Crippen LogP contribution >= 0.6 is 0 Å². The molecule has 0 unspecified atom stereocenters. The quantitative estimate of drug-likeness (QED) is 0.892. The minimum atomic E-state index is -0.324. The number of nitrogens with one attached hydrogen (secondary N) is 1. The number of benzene rings is 2. The Morgan fingerprint density at radius 1 is 1.14 bits per heavy atom. The Hall–Kier alpha value is -2.40. The Labute approximate surface area is 129 Å². The molecule has 0 fully saturated rings. The molecule has 2 rings (SSSR count). The first-order valence-electron chi connectivity index (χ1n) is 6.93. The van der Waals surface area contributed by atoms with Gasteiger partial charge in [-0.25, -0.2) is 4.39 Å². The molecule has 0 aliphatic rings. The molecule has 0 radical (unpaired) electrons. The van der Waals surface area contributed by atoms with E-state index in [1.165, 1.54) is 24.3 Å². The largest absolute Gasteiger partial charge is 0.497 e. The third-order valence-corrected chi connectivity index (χ3v) is 3.15. The molecule has 0 aliphatic carbocycles. The Kier molecular flexibility index (Phi) is 5.49. The van der Waals surface area contributed by atoms with Crippen molar-refractivity contribution in [1.82, 2.24) is 4.90 Å². The van der Waals surface area contributed by atoms with Crippen molar-refractivity contribution in [2.75, 3.05) is 26.0 Å². The Balaban J connectivity index is 1.83. The number of ether oxygens (including phenoxy) is 1. The lowest BCUT2D eigenvalue weighted by atomic mass is 10.2. The highest BCUT2D eigenvalue weighted by molar-refractivity contribution is 5.92. The number of likely N-dealkylation sites (N-methyl/N-ethyl adjacent to an activating group) is 1. The zero-order valence-corrected chi connectivity index (χ0v) is 12.7. The van der Waals surface area contributed by atoms with Gasteiger partial charge >= 0.3 is 0 Å². The molecule has 22 heavy (non-hydrogen) atoms. The average Bonchev–Trinajstić information content (AvgIpc) is 2.50. The molecule has 0 spiro atoms. The molecule has 2 aromatic carbocycles. The predicted octanol–water partition coefficient (Wildman–Crippen LogP) is 2.90. The Morgan fingerprint density at radius 2 is 1.77 bits per heavy atom. The van der Waals surface area contributed by atoms with E-state index in [1.54, 1.807) is 7.11 Å². The summed E-state index contributed by atoms with van der Waals surface area (Å²) in [6.07, 6.45) is 0. The Morgan fingerprint density at radius 3 is 2.36 bits per heavy atom. The fourth-order valence-corrected chi connectivity index (χ4v) is 2.08. The van der Waals surface area contributed by atoms with E-state index in [9.17, 15) is 9.18 Å². The topological polar surface area (TPSA) is 41.6 Å². The highest BCUT2D eigenvalue weighted by Gasteiger charge is 2.08. The van der Waals surface area contributed by atoms with Crippen molar-refractivity contribution in [2.24, 2.45) is 0 Å². The van der Waals surface area contributed by atoms with Crippen molar-refractivity contribution in [2.45, 2.75) is 6.54 Å². The third-order valence-electron chi connectivity index (χ3n) is 3.15. The van der Waals surface area contributed by atoms with Gasteiger partial charge in [0.25, 0.3) is 0 Å². The molecule has 0 bridgehead atoms. The van der Waals surface area contributed by atoms with Gasteiger partial charge < -0.3 is 10.1 Å². The number of amides is 1. The number of hydrogen-bond donors (Lipinski definition) is 1. The van der Waals surface area contributed by atoms with Crippen molar-refractivity contribution >= 4 is 11.6 Å². The number of rotatable bonds is 6. The highest BCUT2D eigenvalue weighted by Crippen LogP contribution is 2.13. The van der Waals surface area contributed by atoms with Crippen LogP contribution in [0.1, 0.15) is 5.56 Å². The van der Waals surface area contributed by atoms with Crippen LogP contribution in [0, 0.1) is 5.82 Å². The van der Waals surface area contributed by atoms with Crippen molar-refractivity contribution < 1.29 is 13.9 Å². The van der Waals surface area contributed by atoms with E-state index < -0.39 is 0 Å². The van der Waals surface area contributed by atoms with Gasteiger partial charge in [0.05, 0.1) is 13.7 Å². The normalized spacial score (nSPS) is 10.5. The SMILES string of the molecule is COc1ccc(CN(C)CC(=O)Nc2ccc(F)cc2)cc1. The van der Waals surface area contributed by atoms with E-state index in [-0.39, 0.29) is 18.3 Å². The molecule has 4 nitrogen and oxygen atoms in total. The minimum absolute atomic E-state index is 0.136. The predicted molar refractivity (Wildman–Crippen MR) is 84.4 cm³/mol. The molecule has 2 aromatic rings. The lowest BCUT2D eigenvalue weighted by Gasteiger charge is -2.16. The van der Waals surface area contributed by atoms with E-state index >= 15 is 0 Å². The van der Waals surface area contributed by atoms with Crippen molar-refractivity contribution in [3.05, 3.63) is 59.9 Å². The zero-order chi connectivity index (χ0) is 15.9. The standard InChI is InChI=1S/C17H19FN2O2/c1-20(11-13-3-9-16(22-2)10-4-13)12-17(21)19-15-7-5-14(18)6-8-15/h3-10H,11-12H2,1-2H3,(H,19,21). The molecule has 0 heterocycles. The van der Waals surface area contributed by atoms with E-state index in [2.05, 4.69) is 5.32 Å². The highest BCUT2D eigenvalue weighted by atomic mass is 19.1. The van der Waals surface area contributed by atoms with Crippen LogP contribution in [-0.4, -0.2) is 31.5 Å². The van der Waals surface area contributed by atoms with Crippen LogP contribution in [0.3, 0.4) is 0 Å². The molecule has 5 heteroatoms. The number of methoxy groups -OCH3 is 1. The van der Waals surface area contributed by atoms with Gasteiger partial charge in [-0.2, -0.15) is 0 Å². The van der Waals surface area contributed by atoms with Gasteiger partial charge in [-0.1, -0.05) is 12.1 Å². The monoisotopic (exact) mass is 302 g/mol. The maximum atomic E-state index is 12.8. The third kappa shape index (κ3) is 4.86. The van der Waals surface area contributed by atoms with Crippen molar-refractivity contribution in [3.63, 3.8) is 0 Å². The average molecular weight is 302 g/mol. The maximum Gasteiger partial charge on any atom is 0.238 e. The van der Waals surface area contributed by atoms with Crippen LogP contribution in [0.5, 0.6) is 5.75 Å². The second kappa shape index (κ2) is 7.56. The molecule has 1 amide bonds. The van der Waals surface area contributed by atoms with Crippen LogP contribution in [0.25, 0.3) is 0 Å². The first-order valence-corrected chi connectivity index (χ1v) is 6.93. The number of carbonyl (C=O) groups is 1. The summed E-state index contributed by atoms with van der Waals surface area (Å²) in [5.74, 6) is 0.345. The van der Waals surface area contributed by atoms with Crippen molar-refractivity contribution in [3.8, 4) is 5.75 Å². The number of hydrogen-bond acceptors (Lipinski definition) is 3. The van der Waals surface area contributed by atoms with E-state index in [1.807, 2.05) is 36.2 Å². The zero-order valence-electron chi connectivity index (χ0n) is 12.7. The fourth-order valence-electron chi connectivity index (χ4n) is 2.08. The van der Waals surface area contributed by atoms with Gasteiger partial charge in [0.15, 0.2) is 0 Å². The first kappa shape index (κ1) is 16.0. The number of anilines is 1. The van der Waals surface area contributed by atoms with Crippen LogP contribution < -0.4 is 10.1 Å². The van der Waals surface area contributed by atoms with Crippen molar-refractivity contribution in [1.29, 1.82) is 0 Å². The summed E-state index contributed by atoms with van der Waals surface area (Å²) in [4.78, 5) is 13.8. The molecule has 0 aromatic heterocycles. The molecule has 0 aliphatic heterocycles. The fraction of sp³-hybridized carbons (Fsp3) is 0.235. The van der Waals surface area contributed by atoms with E-state index in [0.29, 0.717) is 12.2 Å². The summed E-state index contributed by atoms with van der Waals surface area (Å²) in [7, 11) is 3.50. The summed E-state index contributed by atoms with van der Waals surface area (Å²) in [6, 6.07) is 13.4. The minimum Gasteiger partial charge on any atom is -0.497 e. The van der Waals surface area contributed by atoms with Crippen LogP contribution in [0.15, 0.2) is 48.5 Å². The maximum absolute atomic E-state index is 12.8. The van der Waals surface area contributed by atoms with Crippen LogP contribution in [0.2, 0.25) is 0 Å². The first-order chi connectivity index (χ1) is 10.6. The Bertz CT molecular complexity index is 612. The molecule has 0 saturated heterocycles. The van der Waals surface area contributed by atoms with E-state index in [0.717, 1.165) is 11.3 Å². The number of nitrogens with zero attached hydrogens (tertiary/aromatic N) is 1. The molecule has 1 N–H and O–H groups in total. The smallest absolute Gasteiger partial charge is 0.238 e. The summed E-state index contributed by atoms with van der Waals surface area (Å²) in [5.41, 5.74) is 1.68. The van der Waals surface area contributed by atoms with Gasteiger partial charge in [0, 0.05) is 12.2 Å². The number of halogens is 1. The molecule has 0 saturated carbocycles. The van der Waals surface area contributed by atoms with E-state index in [4.69, 9.17) is 4.74 Å². The second-order valence-corrected chi connectivity index (χ2v) is 5.08. The lowest BCUT2D eigenvalue weighted by Crippen LogP contribution is -2.29. The van der Waals surface area contributed by atoms with Crippen LogP contribution in [-0.2, 0) is 11.3 Å². The summed E-state index contributed by atoms with van der Waals surface area (Å²) in [5, 5.41) is 2.74. The van der Waals surface area contributed by atoms with Gasteiger partial charge in [-0.15, -0.1) is 0 Å². The lowest BCUT2D eigenvalue weighted by molar-refractivity contribution is -0.117. The van der Waals surface area contributed by atoms with Gasteiger partial charge in [0.2, 0.25) is 5.91 Å². The summed E-state index contributed by atoms with van der Waals surface area (Å²) in [6.45, 7) is 0.907. The second-order valence-electron chi connectivity index (χ2n) is 5.08. The summed E-state index contributed by atoms with van der Waals surface area (Å²) < 4.78 is 17.9.